The van der Waals surface area contributed by atoms with Crippen molar-refractivity contribution in [2.24, 2.45) is 0 Å². The van der Waals surface area contributed by atoms with Crippen molar-refractivity contribution >= 4 is 23.1 Å². The summed E-state index contributed by atoms with van der Waals surface area (Å²) >= 11 is 3.69. The van der Waals surface area contributed by atoms with Gasteiger partial charge in [0.15, 0.2) is 0 Å². The van der Waals surface area contributed by atoms with E-state index >= 15 is 0 Å². The van der Waals surface area contributed by atoms with Crippen LogP contribution in [0.1, 0.15) is 23.0 Å². The van der Waals surface area contributed by atoms with Crippen molar-refractivity contribution < 1.29 is 0 Å². The summed E-state index contributed by atoms with van der Waals surface area (Å²) in [6.07, 6.45) is 0. The monoisotopic (exact) mass is 200 g/mol. The molecule has 66 valence electrons. The zero-order chi connectivity index (χ0) is 8.55. The Morgan fingerprint density at radius 2 is 2.50 bits per heavy atom. The van der Waals surface area contributed by atoms with Gasteiger partial charge in [0.05, 0.1) is 16.1 Å². The molecule has 4 heteroatoms. The molecule has 1 fully saturated rings. The number of thioether (sulfide) groups is 1. The Hall–Kier alpha value is -0.0600. The summed E-state index contributed by atoms with van der Waals surface area (Å²) in [5.41, 5.74) is 1.20. The smallest absolute Gasteiger partial charge is 0.0974 e. The number of aryl methyl sites for hydroxylation is 1. The molecule has 0 bridgehead atoms. The highest BCUT2D eigenvalue weighted by atomic mass is 32.2. The van der Waals surface area contributed by atoms with Gasteiger partial charge >= 0.3 is 0 Å². The lowest BCUT2D eigenvalue weighted by molar-refractivity contribution is 0.706. The van der Waals surface area contributed by atoms with Gasteiger partial charge < -0.3 is 0 Å². The average molecular weight is 200 g/mol. The summed E-state index contributed by atoms with van der Waals surface area (Å²) in [5, 5.41) is 7.91. The number of aromatic nitrogens is 1. The minimum Gasteiger partial charge on any atom is -0.299 e. The minimum atomic E-state index is 0.435. The molecule has 2 rings (SSSR count). The third kappa shape index (κ3) is 1.65. The van der Waals surface area contributed by atoms with Gasteiger partial charge in [0, 0.05) is 17.2 Å². The molecule has 1 aliphatic heterocycles. The molecular formula is C8H12N2S2. The first-order valence-electron chi connectivity index (χ1n) is 4.06. The molecule has 1 aliphatic rings. The van der Waals surface area contributed by atoms with Gasteiger partial charge in [-0.05, 0) is 6.92 Å². The van der Waals surface area contributed by atoms with Crippen molar-refractivity contribution in [3.63, 3.8) is 0 Å². The van der Waals surface area contributed by atoms with E-state index in [9.17, 15) is 0 Å². The van der Waals surface area contributed by atoms with Crippen LogP contribution in [0.15, 0.2) is 5.38 Å². The van der Waals surface area contributed by atoms with Gasteiger partial charge in [0.1, 0.15) is 0 Å². The van der Waals surface area contributed by atoms with E-state index in [1.807, 2.05) is 11.8 Å². The number of hydrogen-bond acceptors (Lipinski definition) is 4. The van der Waals surface area contributed by atoms with Crippen molar-refractivity contribution in [1.82, 2.24) is 10.3 Å². The van der Waals surface area contributed by atoms with Gasteiger partial charge in [-0.15, -0.1) is 23.1 Å². The van der Waals surface area contributed by atoms with Crippen molar-refractivity contribution in [3.8, 4) is 0 Å². The Bertz CT molecular complexity index is 272. The summed E-state index contributed by atoms with van der Waals surface area (Å²) in [5.74, 6) is 0. The second-order valence-electron chi connectivity index (χ2n) is 3.03. The first-order valence-corrected chi connectivity index (χ1v) is 5.89. The molecule has 0 saturated carbocycles. The van der Waals surface area contributed by atoms with Gasteiger partial charge in [-0.3, -0.25) is 5.32 Å². The Balaban J connectivity index is 2.11. The summed E-state index contributed by atoms with van der Waals surface area (Å²) in [6.45, 7) is 5.40. The van der Waals surface area contributed by atoms with Gasteiger partial charge in [0.2, 0.25) is 0 Å². The van der Waals surface area contributed by atoms with Crippen LogP contribution >= 0.6 is 23.1 Å². The lowest BCUT2D eigenvalue weighted by Crippen LogP contribution is -2.14. The Kier molecular flexibility index (Phi) is 2.39. The van der Waals surface area contributed by atoms with E-state index < -0.39 is 0 Å². The molecule has 1 aromatic heterocycles. The van der Waals surface area contributed by atoms with Crippen LogP contribution in [0.4, 0.5) is 0 Å². The van der Waals surface area contributed by atoms with Crippen molar-refractivity contribution in [2.45, 2.75) is 24.5 Å². The van der Waals surface area contributed by atoms with Crippen LogP contribution in [-0.4, -0.2) is 16.8 Å². The SMILES string of the molecule is Cc1nc(C2NCC(C)S2)cs1. The standard InChI is InChI=1S/C8H12N2S2/c1-5-3-9-8(12-5)7-4-11-6(2)10-7/h4-5,8-9H,3H2,1-2H3. The number of hydrogen-bond donors (Lipinski definition) is 1. The average Bonchev–Trinajstić information content (AvgIpc) is 2.58. The van der Waals surface area contributed by atoms with Gasteiger partial charge in [0.25, 0.3) is 0 Å². The first-order chi connectivity index (χ1) is 5.75. The highest BCUT2D eigenvalue weighted by Crippen LogP contribution is 2.34. The van der Waals surface area contributed by atoms with E-state index in [4.69, 9.17) is 0 Å². The largest absolute Gasteiger partial charge is 0.299 e. The Labute approximate surface area is 80.8 Å². The summed E-state index contributed by atoms with van der Waals surface area (Å²) in [7, 11) is 0. The molecule has 0 radical (unpaired) electrons. The van der Waals surface area contributed by atoms with Gasteiger partial charge in [-0.25, -0.2) is 4.98 Å². The van der Waals surface area contributed by atoms with E-state index in [1.165, 1.54) is 5.69 Å². The van der Waals surface area contributed by atoms with Gasteiger partial charge in [-0.1, -0.05) is 6.92 Å². The summed E-state index contributed by atoms with van der Waals surface area (Å²) in [6, 6.07) is 0. The molecule has 0 aliphatic carbocycles. The van der Waals surface area contributed by atoms with E-state index in [-0.39, 0.29) is 0 Å². The predicted molar refractivity (Wildman–Crippen MR) is 54.6 cm³/mol. The zero-order valence-corrected chi connectivity index (χ0v) is 8.84. The minimum absolute atomic E-state index is 0.435. The lowest BCUT2D eigenvalue weighted by atomic mass is 10.4. The van der Waals surface area contributed by atoms with Crippen molar-refractivity contribution in [1.29, 1.82) is 0 Å². The van der Waals surface area contributed by atoms with E-state index in [0.29, 0.717) is 5.37 Å². The van der Waals surface area contributed by atoms with Crippen LogP contribution < -0.4 is 5.32 Å². The molecule has 2 nitrogen and oxygen atoms in total. The Morgan fingerprint density at radius 1 is 1.67 bits per heavy atom. The maximum atomic E-state index is 4.46. The highest BCUT2D eigenvalue weighted by molar-refractivity contribution is 8.00. The summed E-state index contributed by atoms with van der Waals surface area (Å²) in [4.78, 5) is 4.46. The molecule has 1 saturated heterocycles. The fourth-order valence-corrected chi connectivity index (χ4v) is 3.11. The van der Waals surface area contributed by atoms with Crippen molar-refractivity contribution in [2.75, 3.05) is 6.54 Å². The molecule has 2 unspecified atom stereocenters. The number of thiazole rings is 1. The maximum Gasteiger partial charge on any atom is 0.0974 e. The zero-order valence-electron chi connectivity index (χ0n) is 7.20. The van der Waals surface area contributed by atoms with Crippen LogP contribution in [0, 0.1) is 6.92 Å². The number of nitrogens with one attached hydrogen (secondary N) is 1. The first kappa shape index (κ1) is 8.53. The number of rotatable bonds is 1. The van der Waals surface area contributed by atoms with Crippen LogP contribution in [0.25, 0.3) is 0 Å². The lowest BCUT2D eigenvalue weighted by Gasteiger charge is -2.04. The second-order valence-corrected chi connectivity index (χ2v) is 5.64. The molecule has 0 aromatic carbocycles. The fourth-order valence-electron chi connectivity index (χ4n) is 1.28. The predicted octanol–water partition coefficient (Wildman–Crippen LogP) is 2.18. The van der Waals surface area contributed by atoms with E-state index in [1.54, 1.807) is 11.3 Å². The third-order valence-corrected chi connectivity index (χ3v) is 3.97. The quantitative estimate of drug-likeness (QED) is 0.752. The second kappa shape index (κ2) is 3.36. The van der Waals surface area contributed by atoms with Gasteiger partial charge in [-0.2, -0.15) is 0 Å². The molecule has 0 amide bonds. The normalized spacial score (nSPS) is 29.5. The fraction of sp³-hybridized carbons (Fsp3) is 0.625. The highest BCUT2D eigenvalue weighted by Gasteiger charge is 2.23. The molecular weight excluding hydrogens is 188 g/mol. The van der Waals surface area contributed by atoms with E-state index in [0.717, 1.165) is 16.8 Å². The topological polar surface area (TPSA) is 24.9 Å². The van der Waals surface area contributed by atoms with Crippen LogP contribution in [-0.2, 0) is 0 Å². The van der Waals surface area contributed by atoms with Crippen LogP contribution in [0.3, 0.4) is 0 Å². The summed E-state index contributed by atoms with van der Waals surface area (Å²) < 4.78 is 0. The Morgan fingerprint density at radius 3 is 3.00 bits per heavy atom. The van der Waals surface area contributed by atoms with E-state index in [2.05, 4.69) is 29.5 Å². The molecule has 1 N–H and O–H groups in total. The third-order valence-electron chi connectivity index (χ3n) is 1.86. The molecule has 12 heavy (non-hydrogen) atoms. The van der Waals surface area contributed by atoms with Crippen LogP contribution in [0.2, 0.25) is 0 Å². The number of nitrogens with zero attached hydrogens (tertiary/aromatic N) is 1. The van der Waals surface area contributed by atoms with Crippen LogP contribution in [0.5, 0.6) is 0 Å². The maximum absolute atomic E-state index is 4.46. The molecule has 0 spiro atoms. The van der Waals surface area contributed by atoms with Crippen molar-refractivity contribution in [3.05, 3.63) is 16.1 Å². The molecule has 1 aromatic rings. The molecule has 2 heterocycles. The molecule has 2 atom stereocenters.